The van der Waals surface area contributed by atoms with Crippen molar-refractivity contribution in [3.63, 3.8) is 0 Å². The van der Waals surface area contributed by atoms with Crippen LogP contribution < -0.4 is 5.32 Å². The van der Waals surface area contributed by atoms with E-state index in [0.717, 1.165) is 12.2 Å². The van der Waals surface area contributed by atoms with Gasteiger partial charge in [-0.3, -0.25) is 10.3 Å². The molecule has 72 valence electrons. The average molecular weight is 200 g/mol. The summed E-state index contributed by atoms with van der Waals surface area (Å²) in [4.78, 5) is 14.7. The SMILES string of the molecule is O=C(O)NC1=NC2CCCC2CS1. The zero-order valence-corrected chi connectivity index (χ0v) is 8.01. The van der Waals surface area contributed by atoms with Crippen molar-refractivity contribution < 1.29 is 9.90 Å². The maximum Gasteiger partial charge on any atom is 0.410 e. The maximum atomic E-state index is 10.4. The zero-order chi connectivity index (χ0) is 9.26. The quantitative estimate of drug-likeness (QED) is 0.623. The number of carboxylic acid groups (broad SMARTS) is 1. The lowest BCUT2D eigenvalue weighted by atomic mass is 10.1. The zero-order valence-electron chi connectivity index (χ0n) is 7.19. The molecular weight excluding hydrogens is 188 g/mol. The molecule has 1 fully saturated rings. The van der Waals surface area contributed by atoms with Crippen molar-refractivity contribution in [2.45, 2.75) is 25.3 Å². The van der Waals surface area contributed by atoms with Crippen LogP contribution in [0.25, 0.3) is 0 Å². The molecule has 5 heteroatoms. The minimum atomic E-state index is -1.01. The molecule has 1 heterocycles. The van der Waals surface area contributed by atoms with E-state index < -0.39 is 6.09 Å². The lowest BCUT2D eigenvalue weighted by molar-refractivity contribution is 0.200. The fraction of sp³-hybridized carbons (Fsp3) is 0.750. The van der Waals surface area contributed by atoms with Crippen LogP contribution in [0.1, 0.15) is 19.3 Å². The lowest BCUT2D eigenvalue weighted by Gasteiger charge is -2.22. The van der Waals surface area contributed by atoms with Gasteiger partial charge in [-0.25, -0.2) is 4.79 Å². The number of thioether (sulfide) groups is 1. The Balaban J connectivity index is 2.01. The smallest absolute Gasteiger partial charge is 0.410 e. The normalized spacial score (nSPS) is 32.2. The summed E-state index contributed by atoms with van der Waals surface area (Å²) in [5, 5.41) is 11.4. The van der Waals surface area contributed by atoms with Crippen molar-refractivity contribution in [3.05, 3.63) is 0 Å². The van der Waals surface area contributed by atoms with Gasteiger partial charge in [-0.05, 0) is 18.8 Å². The number of nitrogens with one attached hydrogen (secondary N) is 1. The Morgan fingerprint density at radius 2 is 2.46 bits per heavy atom. The van der Waals surface area contributed by atoms with Crippen molar-refractivity contribution in [2.24, 2.45) is 10.9 Å². The number of amides is 1. The molecule has 13 heavy (non-hydrogen) atoms. The van der Waals surface area contributed by atoms with Crippen molar-refractivity contribution in [1.29, 1.82) is 0 Å². The fourth-order valence-electron chi connectivity index (χ4n) is 1.92. The van der Waals surface area contributed by atoms with Gasteiger partial charge in [0.05, 0.1) is 6.04 Å². The molecule has 1 saturated carbocycles. The lowest BCUT2D eigenvalue weighted by Crippen LogP contribution is -2.33. The number of carbonyl (C=O) groups is 1. The molecule has 1 aliphatic carbocycles. The largest absolute Gasteiger partial charge is 0.465 e. The summed E-state index contributed by atoms with van der Waals surface area (Å²) in [7, 11) is 0. The highest BCUT2D eigenvalue weighted by Crippen LogP contribution is 2.34. The number of aliphatic imine (C=N–C) groups is 1. The van der Waals surface area contributed by atoms with Crippen LogP contribution in [0, 0.1) is 5.92 Å². The first kappa shape index (κ1) is 8.87. The standard InChI is InChI=1S/C8H12N2O2S/c11-8(12)10-7-9-6-3-1-2-5(6)4-13-7/h5-6H,1-4H2,(H,9,10)(H,11,12). The van der Waals surface area contributed by atoms with E-state index in [0.29, 0.717) is 17.1 Å². The van der Waals surface area contributed by atoms with Crippen LogP contribution in [0.4, 0.5) is 4.79 Å². The van der Waals surface area contributed by atoms with E-state index in [1.165, 1.54) is 24.6 Å². The molecule has 0 aromatic rings. The summed E-state index contributed by atoms with van der Waals surface area (Å²) in [5.74, 6) is 1.70. The van der Waals surface area contributed by atoms with E-state index in [1.54, 1.807) is 0 Å². The second-order valence-corrected chi connectivity index (χ2v) is 4.44. The topological polar surface area (TPSA) is 61.7 Å². The van der Waals surface area contributed by atoms with Crippen molar-refractivity contribution >= 4 is 23.0 Å². The third-order valence-electron chi connectivity index (χ3n) is 2.55. The first-order chi connectivity index (χ1) is 6.25. The number of hydrogen-bond donors (Lipinski definition) is 2. The Morgan fingerprint density at radius 1 is 1.62 bits per heavy atom. The number of amidine groups is 1. The second kappa shape index (κ2) is 3.57. The van der Waals surface area contributed by atoms with Crippen molar-refractivity contribution in [3.8, 4) is 0 Å². The average Bonchev–Trinajstić information content (AvgIpc) is 2.49. The molecule has 1 aliphatic heterocycles. The van der Waals surface area contributed by atoms with Gasteiger partial charge in [-0.15, -0.1) is 0 Å². The Labute approximate surface area is 80.8 Å². The van der Waals surface area contributed by atoms with Gasteiger partial charge in [0.1, 0.15) is 0 Å². The fourth-order valence-corrected chi connectivity index (χ4v) is 3.05. The molecule has 2 atom stereocenters. The summed E-state index contributed by atoms with van der Waals surface area (Å²) >= 11 is 1.53. The summed E-state index contributed by atoms with van der Waals surface area (Å²) in [6.45, 7) is 0. The van der Waals surface area contributed by atoms with E-state index in [4.69, 9.17) is 5.11 Å². The third kappa shape index (κ3) is 1.96. The van der Waals surface area contributed by atoms with Gasteiger partial charge in [0.25, 0.3) is 0 Å². The van der Waals surface area contributed by atoms with E-state index in [-0.39, 0.29) is 0 Å². The summed E-state index contributed by atoms with van der Waals surface area (Å²) < 4.78 is 0. The van der Waals surface area contributed by atoms with Crippen LogP contribution in [0.3, 0.4) is 0 Å². The first-order valence-corrected chi connectivity index (χ1v) is 5.45. The van der Waals surface area contributed by atoms with Crippen LogP contribution >= 0.6 is 11.8 Å². The molecule has 2 rings (SSSR count). The Morgan fingerprint density at radius 3 is 3.23 bits per heavy atom. The molecule has 4 nitrogen and oxygen atoms in total. The molecule has 2 aliphatic rings. The van der Waals surface area contributed by atoms with Gasteiger partial charge < -0.3 is 5.11 Å². The Hall–Kier alpha value is -0.710. The van der Waals surface area contributed by atoms with Crippen LogP contribution in [0.2, 0.25) is 0 Å². The van der Waals surface area contributed by atoms with E-state index in [1.807, 2.05) is 0 Å². The number of nitrogens with zero attached hydrogens (tertiary/aromatic N) is 1. The van der Waals surface area contributed by atoms with Gasteiger partial charge in [-0.2, -0.15) is 0 Å². The van der Waals surface area contributed by atoms with E-state index in [2.05, 4.69) is 10.3 Å². The van der Waals surface area contributed by atoms with Gasteiger partial charge in [0.15, 0.2) is 5.17 Å². The molecule has 2 N–H and O–H groups in total. The number of rotatable bonds is 0. The number of hydrogen-bond acceptors (Lipinski definition) is 3. The predicted molar refractivity (Wildman–Crippen MR) is 52.2 cm³/mol. The van der Waals surface area contributed by atoms with Gasteiger partial charge in [0, 0.05) is 5.75 Å². The van der Waals surface area contributed by atoms with E-state index >= 15 is 0 Å². The van der Waals surface area contributed by atoms with Crippen molar-refractivity contribution in [1.82, 2.24) is 5.32 Å². The molecule has 0 spiro atoms. The molecule has 0 saturated heterocycles. The predicted octanol–water partition coefficient (Wildman–Crippen LogP) is 1.53. The highest BCUT2D eigenvalue weighted by Gasteiger charge is 2.31. The molecule has 0 radical (unpaired) electrons. The summed E-state index contributed by atoms with van der Waals surface area (Å²) in [6.07, 6.45) is 2.60. The summed E-state index contributed by atoms with van der Waals surface area (Å²) in [6, 6.07) is 0.378. The van der Waals surface area contributed by atoms with Gasteiger partial charge >= 0.3 is 6.09 Å². The minimum absolute atomic E-state index is 0.378. The molecule has 0 aromatic carbocycles. The van der Waals surface area contributed by atoms with E-state index in [9.17, 15) is 4.79 Å². The third-order valence-corrected chi connectivity index (χ3v) is 3.63. The monoisotopic (exact) mass is 200 g/mol. The Bertz CT molecular complexity index is 255. The number of fused-ring (bicyclic) bond motifs is 1. The van der Waals surface area contributed by atoms with Gasteiger partial charge in [0.2, 0.25) is 0 Å². The molecule has 1 amide bonds. The van der Waals surface area contributed by atoms with Crippen molar-refractivity contribution in [2.75, 3.05) is 5.75 Å². The molecule has 0 aromatic heterocycles. The first-order valence-electron chi connectivity index (χ1n) is 4.46. The van der Waals surface area contributed by atoms with Crippen LogP contribution in [-0.2, 0) is 0 Å². The maximum absolute atomic E-state index is 10.4. The summed E-state index contributed by atoms with van der Waals surface area (Å²) in [5.41, 5.74) is 0. The van der Waals surface area contributed by atoms with Gasteiger partial charge in [-0.1, -0.05) is 18.2 Å². The minimum Gasteiger partial charge on any atom is -0.465 e. The molecule has 0 bridgehead atoms. The van der Waals surface area contributed by atoms with Crippen LogP contribution in [0.15, 0.2) is 4.99 Å². The highest BCUT2D eigenvalue weighted by atomic mass is 32.2. The highest BCUT2D eigenvalue weighted by molar-refractivity contribution is 8.13. The second-order valence-electron chi connectivity index (χ2n) is 3.43. The Kier molecular flexibility index (Phi) is 2.44. The molecule has 2 unspecified atom stereocenters. The molecular formula is C8H12N2O2S. The van der Waals surface area contributed by atoms with Crippen LogP contribution in [-0.4, -0.2) is 28.2 Å². The van der Waals surface area contributed by atoms with Crippen LogP contribution in [0.5, 0.6) is 0 Å².